The van der Waals surface area contributed by atoms with Gasteiger partial charge in [0.2, 0.25) is 0 Å². The SMILES string of the molecule is C=CCOC(=O)C[N+](C)(C)C/C=C/c1ccccc1.[Cl-]. The van der Waals surface area contributed by atoms with Crippen molar-refractivity contribution in [2.75, 3.05) is 33.8 Å². The van der Waals surface area contributed by atoms with Gasteiger partial charge in [0, 0.05) is 0 Å². The largest absolute Gasteiger partial charge is 1.00 e. The lowest BCUT2D eigenvalue weighted by atomic mass is 10.2. The van der Waals surface area contributed by atoms with Gasteiger partial charge < -0.3 is 21.6 Å². The number of hydrogen-bond donors (Lipinski definition) is 0. The topological polar surface area (TPSA) is 26.3 Å². The van der Waals surface area contributed by atoms with Gasteiger partial charge in [-0.3, -0.25) is 0 Å². The Morgan fingerprint density at radius 1 is 1.30 bits per heavy atom. The summed E-state index contributed by atoms with van der Waals surface area (Å²) >= 11 is 0. The molecule has 0 aromatic heterocycles. The Hall–Kier alpha value is -1.58. The van der Waals surface area contributed by atoms with Gasteiger partial charge in [-0.1, -0.05) is 49.1 Å². The second-order valence-corrected chi connectivity index (χ2v) is 5.06. The molecule has 3 nitrogen and oxygen atoms in total. The van der Waals surface area contributed by atoms with Crippen LogP contribution in [0.1, 0.15) is 5.56 Å². The summed E-state index contributed by atoms with van der Waals surface area (Å²) in [5.41, 5.74) is 1.16. The number of hydrogen-bond acceptors (Lipinski definition) is 2. The van der Waals surface area contributed by atoms with E-state index in [1.165, 1.54) is 0 Å². The van der Waals surface area contributed by atoms with Crippen molar-refractivity contribution in [2.45, 2.75) is 0 Å². The van der Waals surface area contributed by atoms with Crippen molar-refractivity contribution in [3.8, 4) is 0 Å². The predicted molar refractivity (Wildman–Crippen MR) is 78.5 cm³/mol. The predicted octanol–water partition coefficient (Wildman–Crippen LogP) is -0.491. The molecule has 0 saturated heterocycles. The standard InChI is InChI=1S/C16H22NO2.ClH/c1-4-13-19-16(18)14-17(2,3)12-8-11-15-9-6-5-7-10-15;/h4-11H,1,12-14H2,2-3H3;1H/q+1;/p-1/b11-8+;. The van der Waals surface area contributed by atoms with Crippen LogP contribution in [0.15, 0.2) is 49.1 Å². The van der Waals surface area contributed by atoms with Gasteiger partial charge in [0.1, 0.15) is 6.61 Å². The highest BCUT2D eigenvalue weighted by Crippen LogP contribution is 2.04. The van der Waals surface area contributed by atoms with E-state index in [9.17, 15) is 4.79 Å². The molecule has 0 heterocycles. The first-order valence-electron chi connectivity index (χ1n) is 6.33. The van der Waals surface area contributed by atoms with E-state index in [1.54, 1.807) is 6.08 Å². The van der Waals surface area contributed by atoms with Crippen LogP contribution in [-0.4, -0.2) is 44.2 Å². The number of esters is 1. The summed E-state index contributed by atoms with van der Waals surface area (Å²) in [5.74, 6) is -0.196. The molecule has 20 heavy (non-hydrogen) atoms. The fraction of sp³-hybridized carbons (Fsp3) is 0.312. The van der Waals surface area contributed by atoms with E-state index in [-0.39, 0.29) is 25.0 Å². The highest BCUT2D eigenvalue weighted by atomic mass is 35.5. The first-order valence-corrected chi connectivity index (χ1v) is 6.33. The molecule has 0 aliphatic rings. The zero-order chi connectivity index (χ0) is 14.1. The minimum absolute atomic E-state index is 0. The molecule has 0 radical (unpaired) electrons. The number of ether oxygens (including phenoxy) is 1. The van der Waals surface area contributed by atoms with Crippen molar-refractivity contribution in [3.05, 3.63) is 54.6 Å². The Balaban J connectivity index is 0.00000361. The third-order valence-electron chi connectivity index (χ3n) is 2.63. The van der Waals surface area contributed by atoms with Gasteiger partial charge >= 0.3 is 5.97 Å². The van der Waals surface area contributed by atoms with Gasteiger partial charge in [-0.05, 0) is 11.6 Å². The van der Waals surface area contributed by atoms with E-state index < -0.39 is 0 Å². The summed E-state index contributed by atoms with van der Waals surface area (Å²) in [6.07, 6.45) is 5.72. The van der Waals surface area contributed by atoms with E-state index in [1.807, 2.05) is 32.3 Å². The number of rotatable bonds is 7. The Bertz CT molecular complexity index is 441. The van der Waals surface area contributed by atoms with Crippen molar-refractivity contribution in [2.24, 2.45) is 0 Å². The van der Waals surface area contributed by atoms with Gasteiger partial charge in [0.05, 0.1) is 20.6 Å². The van der Waals surface area contributed by atoms with Crippen molar-refractivity contribution < 1.29 is 26.4 Å². The molecule has 0 amide bonds. The number of halogens is 1. The Morgan fingerprint density at radius 3 is 2.55 bits per heavy atom. The van der Waals surface area contributed by atoms with E-state index in [4.69, 9.17) is 4.74 Å². The maximum atomic E-state index is 11.5. The van der Waals surface area contributed by atoms with Crippen molar-refractivity contribution in [1.29, 1.82) is 0 Å². The summed E-state index contributed by atoms with van der Waals surface area (Å²) in [5, 5.41) is 0. The number of carbonyl (C=O) groups excluding carboxylic acids is 1. The van der Waals surface area contributed by atoms with Crippen molar-refractivity contribution in [3.63, 3.8) is 0 Å². The molecule has 0 bridgehead atoms. The Morgan fingerprint density at radius 2 is 1.95 bits per heavy atom. The maximum absolute atomic E-state index is 11.5. The summed E-state index contributed by atoms with van der Waals surface area (Å²) < 4.78 is 5.56. The second-order valence-electron chi connectivity index (χ2n) is 5.06. The summed E-state index contributed by atoms with van der Waals surface area (Å²) in [6.45, 7) is 4.93. The average Bonchev–Trinajstić information content (AvgIpc) is 2.37. The number of nitrogens with zero attached hydrogens (tertiary/aromatic N) is 1. The Labute approximate surface area is 127 Å². The van der Waals surface area contributed by atoms with Gasteiger partial charge in [0.25, 0.3) is 0 Å². The molecule has 0 fully saturated rings. The summed E-state index contributed by atoms with van der Waals surface area (Å²) in [4.78, 5) is 11.5. The van der Waals surface area contributed by atoms with Crippen LogP contribution in [0.2, 0.25) is 0 Å². The maximum Gasteiger partial charge on any atom is 0.362 e. The zero-order valence-corrected chi connectivity index (χ0v) is 12.8. The van der Waals surface area contributed by atoms with Crippen molar-refractivity contribution >= 4 is 12.0 Å². The van der Waals surface area contributed by atoms with Crippen molar-refractivity contribution in [1.82, 2.24) is 0 Å². The number of benzene rings is 1. The second kappa shape index (κ2) is 9.34. The number of likely N-dealkylation sites (N-methyl/N-ethyl adjacent to an activating group) is 1. The molecule has 0 unspecified atom stereocenters. The lowest BCUT2D eigenvalue weighted by Crippen LogP contribution is -3.00. The molecule has 1 aromatic carbocycles. The molecule has 0 spiro atoms. The highest BCUT2D eigenvalue weighted by Gasteiger charge is 2.19. The Kier molecular flexibility index (Phi) is 8.61. The lowest BCUT2D eigenvalue weighted by Gasteiger charge is -2.26. The van der Waals surface area contributed by atoms with Crippen LogP contribution in [0.25, 0.3) is 6.08 Å². The van der Waals surface area contributed by atoms with Crippen LogP contribution in [0.5, 0.6) is 0 Å². The first-order chi connectivity index (χ1) is 9.03. The van der Waals surface area contributed by atoms with Crippen LogP contribution in [-0.2, 0) is 9.53 Å². The quantitative estimate of drug-likeness (QED) is 0.385. The third kappa shape index (κ3) is 7.77. The van der Waals surface area contributed by atoms with Gasteiger partial charge in [-0.15, -0.1) is 0 Å². The van der Waals surface area contributed by atoms with Crippen LogP contribution >= 0.6 is 0 Å². The first kappa shape index (κ1) is 18.4. The van der Waals surface area contributed by atoms with E-state index in [0.29, 0.717) is 11.0 Å². The minimum atomic E-state index is -0.196. The van der Waals surface area contributed by atoms with E-state index in [0.717, 1.165) is 12.1 Å². The molecule has 0 aliphatic carbocycles. The molecule has 0 N–H and O–H groups in total. The normalized spacial score (nSPS) is 10.9. The van der Waals surface area contributed by atoms with Gasteiger partial charge in [0.15, 0.2) is 6.54 Å². The van der Waals surface area contributed by atoms with Crippen LogP contribution in [0.4, 0.5) is 0 Å². The molecule has 110 valence electrons. The summed E-state index contributed by atoms with van der Waals surface area (Å²) in [7, 11) is 4.01. The zero-order valence-electron chi connectivity index (χ0n) is 12.1. The van der Waals surface area contributed by atoms with Crippen LogP contribution in [0, 0.1) is 0 Å². The minimum Gasteiger partial charge on any atom is -1.00 e. The lowest BCUT2D eigenvalue weighted by molar-refractivity contribution is -0.877. The molecule has 1 aromatic rings. The van der Waals surface area contributed by atoms with Gasteiger partial charge in [-0.25, -0.2) is 4.79 Å². The summed E-state index contributed by atoms with van der Waals surface area (Å²) in [6, 6.07) is 10.1. The monoisotopic (exact) mass is 295 g/mol. The molecule has 0 atom stereocenters. The third-order valence-corrected chi connectivity index (χ3v) is 2.63. The number of carbonyl (C=O) groups is 1. The van der Waals surface area contributed by atoms with Gasteiger partial charge in [-0.2, -0.15) is 0 Å². The molecular weight excluding hydrogens is 274 g/mol. The fourth-order valence-electron chi connectivity index (χ4n) is 1.65. The highest BCUT2D eigenvalue weighted by molar-refractivity contribution is 5.70. The number of quaternary nitrogens is 1. The van der Waals surface area contributed by atoms with Crippen LogP contribution < -0.4 is 12.4 Å². The smallest absolute Gasteiger partial charge is 0.362 e. The molecular formula is C16H22ClNO2. The molecule has 1 rings (SSSR count). The molecule has 4 heteroatoms. The van der Waals surface area contributed by atoms with E-state index in [2.05, 4.69) is 30.9 Å². The average molecular weight is 296 g/mol. The fourth-order valence-corrected chi connectivity index (χ4v) is 1.65. The van der Waals surface area contributed by atoms with Crippen LogP contribution in [0.3, 0.4) is 0 Å². The molecule has 0 aliphatic heterocycles. The van der Waals surface area contributed by atoms with E-state index >= 15 is 0 Å². The molecule has 0 saturated carbocycles.